The van der Waals surface area contributed by atoms with Crippen LogP contribution in [0.2, 0.25) is 0 Å². The van der Waals surface area contributed by atoms with Crippen LogP contribution in [0.5, 0.6) is 5.75 Å². The number of nitrogens with two attached hydrogens (primary N) is 1. The lowest BCUT2D eigenvalue weighted by Crippen LogP contribution is -2.51. The monoisotopic (exact) mass is 346 g/mol. The molecule has 138 valence electrons. The Bertz CT molecular complexity index is 590. The molecule has 5 nitrogen and oxygen atoms in total. The Morgan fingerprint density at radius 2 is 1.96 bits per heavy atom. The van der Waals surface area contributed by atoms with Crippen LogP contribution in [0.4, 0.5) is 0 Å². The van der Waals surface area contributed by atoms with Crippen LogP contribution in [-0.4, -0.2) is 39.3 Å². The first-order chi connectivity index (χ1) is 12.1. The number of methoxy groups -OCH3 is 1. The number of carbonyl (C=O) groups is 1. The Morgan fingerprint density at radius 3 is 2.60 bits per heavy atom. The number of rotatable bonds is 6. The van der Waals surface area contributed by atoms with Crippen LogP contribution in [0.3, 0.4) is 0 Å². The number of hydrogen-bond acceptors (Lipinski definition) is 4. The minimum Gasteiger partial charge on any atom is -0.497 e. The molecule has 3 rings (SSSR count). The third kappa shape index (κ3) is 3.67. The lowest BCUT2D eigenvalue weighted by Gasteiger charge is -2.37. The first-order valence-corrected chi connectivity index (χ1v) is 9.35. The van der Waals surface area contributed by atoms with E-state index in [-0.39, 0.29) is 11.3 Å². The molecule has 1 amide bonds. The maximum atomic E-state index is 12.9. The van der Waals surface area contributed by atoms with Gasteiger partial charge < -0.3 is 20.5 Å². The van der Waals surface area contributed by atoms with Gasteiger partial charge in [0.25, 0.3) is 0 Å². The highest BCUT2D eigenvalue weighted by Gasteiger charge is 2.41. The Hall–Kier alpha value is -1.59. The maximum Gasteiger partial charge on any atom is 0.227 e. The third-order valence-corrected chi connectivity index (χ3v) is 6.15. The first-order valence-electron chi connectivity index (χ1n) is 9.35. The number of nitrogens with one attached hydrogen (secondary N) is 1. The topological polar surface area (TPSA) is 73.6 Å². The lowest BCUT2D eigenvalue weighted by atomic mass is 9.76. The Morgan fingerprint density at radius 1 is 1.24 bits per heavy atom. The van der Waals surface area contributed by atoms with Crippen LogP contribution < -0.4 is 15.8 Å². The van der Waals surface area contributed by atoms with Gasteiger partial charge in [-0.2, -0.15) is 0 Å². The molecule has 0 radical (unpaired) electrons. The molecular weight excluding hydrogens is 316 g/mol. The summed E-state index contributed by atoms with van der Waals surface area (Å²) < 4.78 is 10.8. The Labute approximate surface area is 150 Å². The summed E-state index contributed by atoms with van der Waals surface area (Å²) in [6.45, 7) is 2.28. The standard InChI is InChI=1S/C20H30N2O3/c1-24-17-6-4-5-16(13-17)20(7-2-3-8-20)15-22-18(23)19(14-21)9-11-25-12-10-19/h4-6,13H,2-3,7-12,14-15,21H2,1H3,(H,22,23). The summed E-state index contributed by atoms with van der Waals surface area (Å²) in [7, 11) is 1.69. The van der Waals surface area contributed by atoms with E-state index in [2.05, 4.69) is 17.4 Å². The van der Waals surface area contributed by atoms with E-state index in [1.807, 2.05) is 12.1 Å². The van der Waals surface area contributed by atoms with Gasteiger partial charge in [-0.25, -0.2) is 0 Å². The molecule has 1 saturated heterocycles. The molecule has 1 aliphatic carbocycles. The smallest absolute Gasteiger partial charge is 0.227 e. The van der Waals surface area contributed by atoms with Crippen molar-refractivity contribution in [1.29, 1.82) is 0 Å². The van der Waals surface area contributed by atoms with Crippen LogP contribution in [0.15, 0.2) is 24.3 Å². The summed E-state index contributed by atoms with van der Waals surface area (Å²) in [5.74, 6) is 0.963. The molecule has 5 heteroatoms. The second kappa shape index (κ2) is 7.75. The van der Waals surface area contributed by atoms with E-state index in [4.69, 9.17) is 15.2 Å². The third-order valence-electron chi connectivity index (χ3n) is 6.15. The second-order valence-corrected chi connectivity index (χ2v) is 7.50. The molecule has 0 atom stereocenters. The second-order valence-electron chi connectivity index (χ2n) is 7.50. The molecule has 3 N–H and O–H groups in total. The van der Waals surface area contributed by atoms with Crippen molar-refractivity contribution in [3.05, 3.63) is 29.8 Å². The van der Waals surface area contributed by atoms with Gasteiger partial charge in [0.15, 0.2) is 0 Å². The average molecular weight is 346 g/mol. The molecule has 0 aromatic heterocycles. The van der Waals surface area contributed by atoms with E-state index >= 15 is 0 Å². The minimum atomic E-state index is -0.466. The fraction of sp³-hybridized carbons (Fsp3) is 0.650. The first kappa shape index (κ1) is 18.2. The molecule has 1 aromatic carbocycles. The van der Waals surface area contributed by atoms with Gasteiger partial charge in [-0.1, -0.05) is 25.0 Å². The van der Waals surface area contributed by atoms with Gasteiger partial charge in [-0.05, 0) is 43.4 Å². The van der Waals surface area contributed by atoms with Crippen molar-refractivity contribution < 1.29 is 14.3 Å². The Balaban J connectivity index is 1.74. The molecule has 2 fully saturated rings. The molecule has 1 saturated carbocycles. The molecule has 1 heterocycles. The fourth-order valence-corrected chi connectivity index (χ4v) is 4.30. The zero-order valence-electron chi connectivity index (χ0n) is 15.2. The summed E-state index contributed by atoms with van der Waals surface area (Å²) in [5.41, 5.74) is 6.77. The van der Waals surface area contributed by atoms with Crippen molar-refractivity contribution in [1.82, 2.24) is 5.32 Å². The summed E-state index contributed by atoms with van der Waals surface area (Å²) in [6, 6.07) is 8.28. The normalized spacial score (nSPS) is 21.7. The van der Waals surface area contributed by atoms with Gasteiger partial charge in [-0.15, -0.1) is 0 Å². The number of amides is 1. The summed E-state index contributed by atoms with van der Waals surface area (Å²) in [4.78, 5) is 12.9. The van der Waals surface area contributed by atoms with E-state index in [0.29, 0.717) is 39.1 Å². The zero-order valence-corrected chi connectivity index (χ0v) is 15.2. The molecular formula is C20H30N2O3. The molecule has 0 unspecified atom stereocenters. The van der Waals surface area contributed by atoms with Crippen LogP contribution in [0.1, 0.15) is 44.1 Å². The van der Waals surface area contributed by atoms with E-state index in [1.54, 1.807) is 7.11 Å². The van der Waals surface area contributed by atoms with Gasteiger partial charge in [0, 0.05) is 31.7 Å². The Kier molecular flexibility index (Phi) is 5.64. The van der Waals surface area contributed by atoms with Crippen LogP contribution >= 0.6 is 0 Å². The van der Waals surface area contributed by atoms with Crippen LogP contribution in [0, 0.1) is 5.41 Å². The maximum absolute atomic E-state index is 12.9. The van der Waals surface area contributed by atoms with Gasteiger partial charge in [0.05, 0.1) is 12.5 Å². The lowest BCUT2D eigenvalue weighted by molar-refractivity contribution is -0.136. The molecule has 2 aliphatic rings. The number of ether oxygens (including phenoxy) is 2. The van der Waals surface area contributed by atoms with Crippen molar-refractivity contribution in [3.8, 4) is 5.75 Å². The molecule has 0 bridgehead atoms. The highest BCUT2D eigenvalue weighted by molar-refractivity contribution is 5.83. The van der Waals surface area contributed by atoms with Gasteiger partial charge in [0.2, 0.25) is 5.91 Å². The van der Waals surface area contributed by atoms with Crippen LogP contribution in [0.25, 0.3) is 0 Å². The number of hydrogen-bond donors (Lipinski definition) is 2. The zero-order chi connectivity index (χ0) is 17.8. The fourth-order valence-electron chi connectivity index (χ4n) is 4.30. The van der Waals surface area contributed by atoms with E-state index in [0.717, 1.165) is 18.6 Å². The highest BCUT2D eigenvalue weighted by atomic mass is 16.5. The van der Waals surface area contributed by atoms with Gasteiger partial charge in [-0.3, -0.25) is 4.79 Å². The van der Waals surface area contributed by atoms with Gasteiger partial charge >= 0.3 is 0 Å². The highest BCUT2D eigenvalue weighted by Crippen LogP contribution is 2.42. The number of carbonyl (C=O) groups excluding carboxylic acids is 1. The predicted molar refractivity (Wildman–Crippen MR) is 97.7 cm³/mol. The molecule has 1 aromatic rings. The predicted octanol–water partition coefficient (Wildman–Crippen LogP) is 2.38. The van der Waals surface area contributed by atoms with Crippen molar-refractivity contribution >= 4 is 5.91 Å². The molecule has 25 heavy (non-hydrogen) atoms. The van der Waals surface area contributed by atoms with E-state index < -0.39 is 5.41 Å². The largest absolute Gasteiger partial charge is 0.497 e. The minimum absolute atomic E-state index is 0.00511. The van der Waals surface area contributed by atoms with Gasteiger partial charge in [0.1, 0.15) is 5.75 Å². The SMILES string of the molecule is COc1cccc(C2(CNC(=O)C3(CN)CCOCC3)CCCC2)c1. The summed E-state index contributed by atoms with van der Waals surface area (Å²) in [5, 5.41) is 3.25. The van der Waals surface area contributed by atoms with Crippen LogP contribution in [-0.2, 0) is 14.9 Å². The summed E-state index contributed by atoms with van der Waals surface area (Å²) >= 11 is 0. The van der Waals surface area contributed by atoms with Crippen molar-refractivity contribution in [2.45, 2.75) is 43.9 Å². The average Bonchev–Trinajstić information content (AvgIpc) is 3.17. The molecule has 0 spiro atoms. The quantitative estimate of drug-likeness (QED) is 0.829. The molecule has 1 aliphatic heterocycles. The number of benzene rings is 1. The van der Waals surface area contributed by atoms with E-state index in [1.165, 1.54) is 18.4 Å². The van der Waals surface area contributed by atoms with Crippen molar-refractivity contribution in [3.63, 3.8) is 0 Å². The van der Waals surface area contributed by atoms with Crippen molar-refractivity contribution in [2.24, 2.45) is 11.1 Å². The summed E-state index contributed by atoms with van der Waals surface area (Å²) in [6.07, 6.45) is 6.01. The van der Waals surface area contributed by atoms with Crippen molar-refractivity contribution in [2.75, 3.05) is 33.4 Å². The van der Waals surface area contributed by atoms with E-state index in [9.17, 15) is 4.79 Å².